The molecule has 0 bridgehead atoms. The summed E-state index contributed by atoms with van der Waals surface area (Å²) >= 11 is 5.84. The van der Waals surface area contributed by atoms with Gasteiger partial charge in [0.05, 0.1) is 6.54 Å². The van der Waals surface area contributed by atoms with E-state index in [0.717, 1.165) is 5.56 Å². The quantitative estimate of drug-likeness (QED) is 0.799. The number of benzene rings is 1. The van der Waals surface area contributed by atoms with Crippen LogP contribution in [0.1, 0.15) is 21.9 Å². The summed E-state index contributed by atoms with van der Waals surface area (Å²) in [6.45, 7) is 1.96. The largest absolute Gasteiger partial charge is 0.361 e. The van der Waals surface area contributed by atoms with Gasteiger partial charge in [-0.2, -0.15) is 0 Å². The first-order valence-electron chi connectivity index (χ1n) is 6.55. The zero-order valence-corrected chi connectivity index (χ0v) is 12.4. The molecule has 3 aromatic rings. The van der Waals surface area contributed by atoms with Crippen LogP contribution in [-0.4, -0.2) is 16.2 Å². The molecule has 1 aromatic carbocycles. The van der Waals surface area contributed by atoms with E-state index in [-0.39, 0.29) is 18.1 Å². The Labute approximate surface area is 131 Å². The third-order valence-corrected chi connectivity index (χ3v) is 3.23. The van der Waals surface area contributed by atoms with Crippen LogP contribution < -0.4 is 5.32 Å². The van der Waals surface area contributed by atoms with Crippen LogP contribution in [0.2, 0.25) is 5.02 Å². The molecule has 0 unspecified atom stereocenters. The number of aryl methyl sites for hydroxylation is 1. The highest BCUT2D eigenvalue weighted by atomic mass is 35.5. The second-order valence-corrected chi connectivity index (χ2v) is 5.13. The van der Waals surface area contributed by atoms with Crippen molar-refractivity contribution in [3.8, 4) is 11.3 Å². The van der Waals surface area contributed by atoms with Crippen LogP contribution in [0.3, 0.4) is 0 Å². The summed E-state index contributed by atoms with van der Waals surface area (Å²) in [4.78, 5) is 11.8. The maximum atomic E-state index is 11.8. The van der Waals surface area contributed by atoms with Gasteiger partial charge >= 0.3 is 0 Å². The minimum Gasteiger partial charge on any atom is -0.361 e. The van der Waals surface area contributed by atoms with E-state index in [0.29, 0.717) is 22.2 Å². The van der Waals surface area contributed by atoms with Crippen molar-refractivity contribution in [1.29, 1.82) is 0 Å². The predicted molar refractivity (Wildman–Crippen MR) is 79.4 cm³/mol. The molecule has 0 radical (unpaired) electrons. The van der Waals surface area contributed by atoms with Crippen molar-refractivity contribution in [3.05, 3.63) is 58.6 Å². The first-order valence-corrected chi connectivity index (χ1v) is 6.92. The van der Waals surface area contributed by atoms with Crippen LogP contribution in [-0.2, 0) is 6.54 Å². The minimum absolute atomic E-state index is 0.235. The van der Waals surface area contributed by atoms with Crippen LogP contribution in [0, 0.1) is 6.92 Å². The number of hydrogen-bond acceptors (Lipinski definition) is 5. The number of nitrogens with zero attached hydrogens (tertiary/aromatic N) is 2. The number of halogens is 1. The number of rotatable bonds is 4. The molecule has 0 atom stereocenters. The van der Waals surface area contributed by atoms with Crippen molar-refractivity contribution < 1.29 is 13.8 Å². The third kappa shape index (κ3) is 3.17. The van der Waals surface area contributed by atoms with Crippen molar-refractivity contribution in [3.63, 3.8) is 0 Å². The zero-order valence-electron chi connectivity index (χ0n) is 11.7. The lowest BCUT2D eigenvalue weighted by Crippen LogP contribution is -2.23. The highest BCUT2D eigenvalue weighted by Crippen LogP contribution is 2.22. The number of amides is 1. The molecule has 1 amide bonds. The fourth-order valence-corrected chi connectivity index (χ4v) is 2.01. The summed E-state index contributed by atoms with van der Waals surface area (Å²) in [5.74, 6) is 0.864. The van der Waals surface area contributed by atoms with E-state index in [4.69, 9.17) is 20.6 Å². The summed E-state index contributed by atoms with van der Waals surface area (Å²) < 4.78 is 10.1. The summed E-state index contributed by atoms with van der Waals surface area (Å²) in [7, 11) is 0. The number of nitrogens with one attached hydrogen (secondary N) is 1. The molecule has 0 saturated carbocycles. The lowest BCUT2D eigenvalue weighted by Gasteiger charge is -1.98. The molecule has 3 rings (SSSR count). The van der Waals surface area contributed by atoms with Crippen LogP contribution in [0.25, 0.3) is 11.3 Å². The molecule has 1 N–H and O–H groups in total. The topological polar surface area (TPSA) is 81.2 Å². The van der Waals surface area contributed by atoms with E-state index in [1.54, 1.807) is 31.2 Å². The summed E-state index contributed by atoms with van der Waals surface area (Å²) in [5, 5.41) is 10.9. The van der Waals surface area contributed by atoms with E-state index < -0.39 is 0 Å². The van der Waals surface area contributed by atoms with Gasteiger partial charge in [-0.1, -0.05) is 21.9 Å². The van der Waals surface area contributed by atoms with E-state index >= 15 is 0 Å². The molecule has 0 aliphatic heterocycles. The van der Waals surface area contributed by atoms with Gasteiger partial charge < -0.3 is 14.4 Å². The van der Waals surface area contributed by atoms with Crippen molar-refractivity contribution in [2.24, 2.45) is 0 Å². The van der Waals surface area contributed by atoms with Crippen LogP contribution in [0.5, 0.6) is 0 Å². The van der Waals surface area contributed by atoms with Crippen molar-refractivity contribution in [2.45, 2.75) is 13.5 Å². The molecule has 2 aromatic heterocycles. The van der Waals surface area contributed by atoms with Gasteiger partial charge in [-0.3, -0.25) is 4.79 Å². The average Bonchev–Trinajstić information content (AvgIpc) is 3.15. The Bertz CT molecular complexity index is 792. The second kappa shape index (κ2) is 6.03. The molecule has 0 aliphatic rings. The Kier molecular flexibility index (Phi) is 3.93. The fourth-order valence-electron chi connectivity index (χ4n) is 1.88. The summed E-state index contributed by atoms with van der Waals surface area (Å²) in [6, 6.07) is 10.5. The van der Waals surface area contributed by atoms with Crippen molar-refractivity contribution in [2.75, 3.05) is 0 Å². The number of carbonyl (C=O) groups excluding carboxylic acids is 1. The van der Waals surface area contributed by atoms with Crippen LogP contribution in [0.15, 0.2) is 45.4 Å². The first-order chi connectivity index (χ1) is 10.6. The highest BCUT2D eigenvalue weighted by molar-refractivity contribution is 6.30. The molecule has 0 saturated heterocycles. The van der Waals surface area contributed by atoms with Gasteiger partial charge in [0.25, 0.3) is 5.91 Å². The Morgan fingerprint density at radius 3 is 2.64 bits per heavy atom. The molecule has 7 heteroatoms. The molecule has 6 nitrogen and oxygen atoms in total. The van der Waals surface area contributed by atoms with Crippen LogP contribution in [0.4, 0.5) is 0 Å². The Balaban J connectivity index is 1.64. The van der Waals surface area contributed by atoms with E-state index in [1.807, 2.05) is 12.1 Å². The average molecular weight is 318 g/mol. The lowest BCUT2D eigenvalue weighted by molar-refractivity contribution is 0.0941. The molecular weight excluding hydrogens is 306 g/mol. The minimum atomic E-state index is -0.326. The Hall–Kier alpha value is -2.60. The van der Waals surface area contributed by atoms with Gasteiger partial charge in [0, 0.05) is 22.7 Å². The van der Waals surface area contributed by atoms with Gasteiger partial charge in [0.1, 0.15) is 11.5 Å². The van der Waals surface area contributed by atoms with E-state index in [1.165, 1.54) is 0 Å². The SMILES string of the molecule is Cc1cc(C(=O)NCc2cc(-c3ccc(Cl)cc3)on2)no1. The molecule has 0 fully saturated rings. The third-order valence-electron chi connectivity index (χ3n) is 2.98. The molecule has 112 valence electrons. The smallest absolute Gasteiger partial charge is 0.273 e. The molecule has 2 heterocycles. The zero-order chi connectivity index (χ0) is 15.5. The lowest BCUT2D eigenvalue weighted by atomic mass is 10.1. The fraction of sp³-hybridized carbons (Fsp3) is 0.133. The number of aromatic nitrogens is 2. The first kappa shape index (κ1) is 14.3. The maximum absolute atomic E-state index is 11.8. The Morgan fingerprint density at radius 2 is 1.95 bits per heavy atom. The second-order valence-electron chi connectivity index (χ2n) is 4.69. The van der Waals surface area contributed by atoms with Crippen molar-refractivity contribution >= 4 is 17.5 Å². The van der Waals surface area contributed by atoms with E-state index in [9.17, 15) is 4.79 Å². The van der Waals surface area contributed by atoms with Gasteiger partial charge in [0.15, 0.2) is 11.5 Å². The predicted octanol–water partition coefficient (Wildman–Crippen LogP) is 3.22. The monoisotopic (exact) mass is 317 g/mol. The normalized spacial score (nSPS) is 10.6. The summed E-state index contributed by atoms with van der Waals surface area (Å²) in [6.07, 6.45) is 0. The molecular formula is C15H12ClN3O3. The highest BCUT2D eigenvalue weighted by Gasteiger charge is 2.12. The molecule has 22 heavy (non-hydrogen) atoms. The summed E-state index contributed by atoms with van der Waals surface area (Å²) in [5.41, 5.74) is 1.71. The Morgan fingerprint density at radius 1 is 1.18 bits per heavy atom. The van der Waals surface area contributed by atoms with Gasteiger partial charge in [0.2, 0.25) is 0 Å². The number of hydrogen-bond donors (Lipinski definition) is 1. The molecule has 0 spiro atoms. The molecule has 0 aliphatic carbocycles. The van der Waals surface area contributed by atoms with Crippen molar-refractivity contribution in [1.82, 2.24) is 15.6 Å². The van der Waals surface area contributed by atoms with Crippen LogP contribution >= 0.6 is 11.6 Å². The number of carbonyl (C=O) groups is 1. The maximum Gasteiger partial charge on any atom is 0.273 e. The van der Waals surface area contributed by atoms with Gasteiger partial charge in [-0.05, 0) is 31.2 Å². The van der Waals surface area contributed by atoms with Gasteiger partial charge in [-0.25, -0.2) is 0 Å². The standard InChI is InChI=1S/C15H12ClN3O3/c1-9-6-13(19-21-9)15(20)17-8-12-7-14(22-18-12)10-2-4-11(16)5-3-10/h2-7H,8H2,1H3,(H,17,20). The van der Waals surface area contributed by atoms with Gasteiger partial charge in [-0.15, -0.1) is 0 Å². The van der Waals surface area contributed by atoms with E-state index in [2.05, 4.69) is 15.6 Å².